The third kappa shape index (κ3) is 7.19. The zero-order valence-electron chi connectivity index (χ0n) is 14.9. The molecule has 4 N–H and O–H groups in total. The van der Waals surface area contributed by atoms with Crippen LogP contribution in [0.15, 0.2) is 54.6 Å². The predicted molar refractivity (Wildman–Crippen MR) is 107 cm³/mol. The zero-order chi connectivity index (χ0) is 18.8. The first-order chi connectivity index (χ1) is 12.5. The molecule has 0 unspecified atom stereocenters. The van der Waals surface area contributed by atoms with Crippen molar-refractivity contribution >= 4 is 23.7 Å². The molecule has 0 aromatic heterocycles. The summed E-state index contributed by atoms with van der Waals surface area (Å²) in [5.74, 6) is 1.49. The average molecular weight is 372 g/mol. The maximum atomic E-state index is 12.4. The van der Waals surface area contributed by atoms with Crippen LogP contribution in [0.4, 0.5) is 4.79 Å². The number of hydrogen-bond acceptors (Lipinski definition) is 3. The van der Waals surface area contributed by atoms with Crippen molar-refractivity contribution in [3.8, 4) is 0 Å². The molecule has 2 rings (SSSR count). The third-order valence-electron chi connectivity index (χ3n) is 3.85. The first kappa shape index (κ1) is 19.8. The van der Waals surface area contributed by atoms with Gasteiger partial charge in [0.25, 0.3) is 0 Å². The molecule has 6 heteroatoms. The van der Waals surface area contributed by atoms with E-state index in [4.69, 9.17) is 5.73 Å². The lowest BCUT2D eigenvalue weighted by Gasteiger charge is -2.17. The molecule has 3 amide bonds. The van der Waals surface area contributed by atoms with Gasteiger partial charge in [0.05, 0.1) is 0 Å². The highest BCUT2D eigenvalue weighted by atomic mass is 32.2. The summed E-state index contributed by atoms with van der Waals surface area (Å²) in [4.78, 5) is 23.6. The van der Waals surface area contributed by atoms with E-state index in [9.17, 15) is 9.59 Å². The molecule has 0 spiro atoms. The molecular weight excluding hydrogens is 346 g/mol. The van der Waals surface area contributed by atoms with Crippen LogP contribution in [0.1, 0.15) is 16.7 Å². The summed E-state index contributed by atoms with van der Waals surface area (Å²) < 4.78 is 0. The lowest BCUT2D eigenvalue weighted by atomic mass is 10.1. The van der Waals surface area contributed by atoms with Crippen molar-refractivity contribution in [3.63, 3.8) is 0 Å². The van der Waals surface area contributed by atoms with Gasteiger partial charge >= 0.3 is 6.03 Å². The normalized spacial score (nSPS) is 11.6. The average Bonchev–Trinajstić information content (AvgIpc) is 2.63. The van der Waals surface area contributed by atoms with E-state index in [2.05, 4.69) is 41.8 Å². The summed E-state index contributed by atoms with van der Waals surface area (Å²) in [5.41, 5.74) is 8.69. The number of carbonyl (C=O) groups is 2. The lowest BCUT2D eigenvalue weighted by Crippen LogP contribution is -2.50. The Labute approximate surface area is 158 Å². The number of carbonyl (C=O) groups excluding carboxylic acids is 2. The highest BCUT2D eigenvalue weighted by molar-refractivity contribution is 7.98. The van der Waals surface area contributed by atoms with Crippen molar-refractivity contribution in [3.05, 3.63) is 71.3 Å². The number of aryl methyl sites for hydroxylation is 1. The summed E-state index contributed by atoms with van der Waals surface area (Å²) in [6.45, 7) is 2.61. The molecular formula is C20H25N3O2S. The van der Waals surface area contributed by atoms with Gasteiger partial charge < -0.3 is 16.4 Å². The van der Waals surface area contributed by atoms with Crippen LogP contribution in [0.2, 0.25) is 0 Å². The highest BCUT2D eigenvalue weighted by Crippen LogP contribution is 2.12. The summed E-state index contributed by atoms with van der Waals surface area (Å²) in [6, 6.07) is 16.6. The number of urea groups is 1. The van der Waals surface area contributed by atoms with E-state index >= 15 is 0 Å². The van der Waals surface area contributed by atoms with Crippen molar-refractivity contribution in [2.75, 3.05) is 12.3 Å². The van der Waals surface area contributed by atoms with Crippen molar-refractivity contribution < 1.29 is 9.59 Å². The van der Waals surface area contributed by atoms with E-state index in [1.165, 1.54) is 11.1 Å². The summed E-state index contributed by atoms with van der Waals surface area (Å²) in [6.07, 6.45) is 0.409. The Kier molecular flexibility index (Phi) is 8.02. The largest absolute Gasteiger partial charge is 0.353 e. The van der Waals surface area contributed by atoms with Crippen LogP contribution in [0, 0.1) is 6.92 Å². The van der Waals surface area contributed by atoms with Crippen LogP contribution in [0.5, 0.6) is 0 Å². The molecule has 5 nitrogen and oxygen atoms in total. The Morgan fingerprint density at radius 2 is 1.73 bits per heavy atom. The van der Waals surface area contributed by atoms with Gasteiger partial charge in [0, 0.05) is 24.5 Å². The molecule has 0 radical (unpaired) electrons. The maximum absolute atomic E-state index is 12.4. The fourth-order valence-corrected chi connectivity index (χ4v) is 3.29. The SMILES string of the molecule is Cc1ccc(CSCCNC(=O)[C@@H](Cc2ccccc2)NC(N)=O)cc1. The molecule has 2 aromatic carbocycles. The number of nitrogens with one attached hydrogen (secondary N) is 2. The van der Waals surface area contributed by atoms with Crippen LogP contribution in [-0.2, 0) is 17.0 Å². The minimum Gasteiger partial charge on any atom is -0.353 e. The van der Waals surface area contributed by atoms with E-state index < -0.39 is 12.1 Å². The van der Waals surface area contributed by atoms with Crippen molar-refractivity contribution in [1.29, 1.82) is 0 Å². The predicted octanol–water partition coefficient (Wildman–Crippen LogP) is 2.62. The number of nitrogens with two attached hydrogens (primary N) is 1. The van der Waals surface area contributed by atoms with E-state index in [1.807, 2.05) is 30.3 Å². The summed E-state index contributed by atoms with van der Waals surface area (Å²) in [5, 5.41) is 5.39. The van der Waals surface area contributed by atoms with Gasteiger partial charge in [-0.15, -0.1) is 0 Å². The Hall–Kier alpha value is -2.47. The summed E-state index contributed by atoms with van der Waals surface area (Å²) in [7, 11) is 0. The number of benzene rings is 2. The van der Waals surface area contributed by atoms with E-state index in [-0.39, 0.29) is 5.91 Å². The second-order valence-electron chi connectivity index (χ2n) is 6.08. The molecule has 0 saturated carbocycles. The molecule has 0 aliphatic heterocycles. The molecule has 0 saturated heterocycles. The summed E-state index contributed by atoms with van der Waals surface area (Å²) >= 11 is 1.76. The second-order valence-corrected chi connectivity index (χ2v) is 7.19. The molecule has 0 fully saturated rings. The minimum atomic E-state index is -0.699. The highest BCUT2D eigenvalue weighted by Gasteiger charge is 2.19. The van der Waals surface area contributed by atoms with Crippen molar-refractivity contribution in [1.82, 2.24) is 10.6 Å². The molecule has 0 aliphatic carbocycles. The molecule has 2 aromatic rings. The van der Waals surface area contributed by atoms with E-state index in [1.54, 1.807) is 11.8 Å². The molecule has 26 heavy (non-hydrogen) atoms. The Morgan fingerprint density at radius 3 is 2.38 bits per heavy atom. The molecule has 138 valence electrons. The number of primary amides is 1. The van der Waals surface area contributed by atoms with Crippen LogP contribution < -0.4 is 16.4 Å². The quantitative estimate of drug-likeness (QED) is 0.593. The van der Waals surface area contributed by atoms with Gasteiger partial charge in [-0.2, -0.15) is 11.8 Å². The van der Waals surface area contributed by atoms with Crippen LogP contribution in [0.25, 0.3) is 0 Å². The van der Waals surface area contributed by atoms with Gasteiger partial charge in [0.1, 0.15) is 6.04 Å². The number of rotatable bonds is 9. The smallest absolute Gasteiger partial charge is 0.312 e. The Balaban J connectivity index is 1.75. The first-order valence-electron chi connectivity index (χ1n) is 8.55. The van der Waals surface area contributed by atoms with Crippen molar-refractivity contribution in [2.45, 2.75) is 25.1 Å². The zero-order valence-corrected chi connectivity index (χ0v) is 15.7. The Bertz CT molecular complexity index is 705. The fraction of sp³-hybridized carbons (Fsp3) is 0.300. The molecule has 0 heterocycles. The van der Waals surface area contributed by atoms with Crippen LogP contribution in [0.3, 0.4) is 0 Å². The van der Waals surface area contributed by atoms with Crippen LogP contribution >= 0.6 is 11.8 Å². The molecule has 1 atom stereocenters. The van der Waals surface area contributed by atoms with Gasteiger partial charge in [-0.05, 0) is 18.1 Å². The first-order valence-corrected chi connectivity index (χ1v) is 9.71. The third-order valence-corrected chi connectivity index (χ3v) is 4.88. The monoisotopic (exact) mass is 371 g/mol. The lowest BCUT2D eigenvalue weighted by molar-refractivity contribution is -0.122. The number of thioether (sulfide) groups is 1. The maximum Gasteiger partial charge on any atom is 0.312 e. The Morgan fingerprint density at radius 1 is 1.04 bits per heavy atom. The van der Waals surface area contributed by atoms with Gasteiger partial charge in [0.15, 0.2) is 0 Å². The van der Waals surface area contributed by atoms with Gasteiger partial charge in [-0.25, -0.2) is 4.79 Å². The number of hydrogen-bond donors (Lipinski definition) is 3. The fourth-order valence-electron chi connectivity index (χ4n) is 2.47. The van der Waals surface area contributed by atoms with Crippen LogP contribution in [-0.4, -0.2) is 30.3 Å². The molecule has 0 aliphatic rings. The van der Waals surface area contributed by atoms with E-state index in [0.29, 0.717) is 13.0 Å². The van der Waals surface area contributed by atoms with Gasteiger partial charge in [-0.3, -0.25) is 4.79 Å². The standard InChI is InChI=1S/C20H25N3O2S/c1-15-7-9-17(10-8-15)14-26-12-11-22-19(24)18(23-20(21)25)13-16-5-3-2-4-6-16/h2-10,18H,11-14H2,1H3,(H,22,24)(H3,21,23,25)/t18-/m1/s1. The van der Waals surface area contributed by atoms with Crippen molar-refractivity contribution in [2.24, 2.45) is 5.73 Å². The second kappa shape index (κ2) is 10.5. The number of amides is 3. The minimum absolute atomic E-state index is 0.219. The van der Waals surface area contributed by atoms with Gasteiger partial charge in [-0.1, -0.05) is 60.2 Å². The van der Waals surface area contributed by atoms with Gasteiger partial charge in [0.2, 0.25) is 5.91 Å². The molecule has 0 bridgehead atoms. The topological polar surface area (TPSA) is 84.2 Å². The van der Waals surface area contributed by atoms with E-state index in [0.717, 1.165) is 17.1 Å².